The molecule has 2 amide bonds. The lowest BCUT2D eigenvalue weighted by molar-refractivity contribution is 0.262. The van der Waals surface area contributed by atoms with Gasteiger partial charge in [0.2, 0.25) is 0 Å². The molecule has 0 saturated carbocycles. The number of amides is 2. The van der Waals surface area contributed by atoms with E-state index in [2.05, 4.69) is 25.7 Å². The normalized spacial score (nSPS) is 10.8. The summed E-state index contributed by atoms with van der Waals surface area (Å²) in [6.07, 6.45) is 2.28. The minimum absolute atomic E-state index is 0.124. The third kappa shape index (κ3) is 4.35. The molecule has 146 valence electrons. The Bertz CT molecular complexity index is 1160. The Morgan fingerprint density at radius 1 is 1.14 bits per heavy atom. The zero-order valence-corrected chi connectivity index (χ0v) is 16.3. The van der Waals surface area contributed by atoms with Crippen LogP contribution in [0.4, 0.5) is 20.6 Å². The van der Waals surface area contributed by atoms with Gasteiger partial charge in [0.05, 0.1) is 5.69 Å². The molecule has 0 spiro atoms. The molecule has 0 saturated heterocycles. The molecule has 0 aliphatic carbocycles. The second-order valence-corrected chi connectivity index (χ2v) is 7.19. The molecule has 0 atom stereocenters. The number of anilines is 2. The van der Waals surface area contributed by atoms with Crippen LogP contribution in [0, 0.1) is 5.82 Å². The smallest absolute Gasteiger partial charge is 0.308 e. The van der Waals surface area contributed by atoms with Crippen LogP contribution in [0.25, 0.3) is 5.78 Å². The maximum atomic E-state index is 13.6. The van der Waals surface area contributed by atoms with Crippen LogP contribution in [0.15, 0.2) is 70.8 Å². The quantitative estimate of drug-likeness (QED) is 0.471. The minimum atomic E-state index is -0.512. The van der Waals surface area contributed by atoms with E-state index in [4.69, 9.17) is 0 Å². The molecule has 2 aromatic carbocycles. The summed E-state index contributed by atoms with van der Waals surface area (Å²) in [5.74, 6) is 0.0765. The number of carbonyl (C=O) groups is 1. The Balaban J connectivity index is 1.45. The fourth-order valence-corrected chi connectivity index (χ4v) is 3.58. The lowest BCUT2D eigenvalue weighted by Crippen LogP contribution is -2.20. The lowest BCUT2D eigenvalue weighted by Gasteiger charge is -2.09. The van der Waals surface area contributed by atoms with Crippen LogP contribution in [0.1, 0.15) is 12.6 Å². The summed E-state index contributed by atoms with van der Waals surface area (Å²) in [5.41, 5.74) is 1.66. The number of fused-ring (bicyclic) bond motifs is 1. The van der Waals surface area contributed by atoms with Crippen LogP contribution in [0.2, 0.25) is 0 Å². The van der Waals surface area contributed by atoms with Crippen molar-refractivity contribution in [1.29, 1.82) is 0 Å². The highest BCUT2D eigenvalue weighted by Gasteiger charge is 2.10. The Kier molecular flexibility index (Phi) is 5.39. The second kappa shape index (κ2) is 8.27. The number of para-hydroxylation sites is 1. The van der Waals surface area contributed by atoms with Gasteiger partial charge in [-0.3, -0.25) is 0 Å². The highest BCUT2D eigenvalue weighted by molar-refractivity contribution is 7.99. The number of hydrogen-bond donors (Lipinski definition) is 2. The van der Waals surface area contributed by atoms with Gasteiger partial charge < -0.3 is 10.6 Å². The molecule has 0 fully saturated rings. The molecular weight excluding hydrogens is 391 g/mol. The van der Waals surface area contributed by atoms with Gasteiger partial charge in [0, 0.05) is 16.3 Å². The van der Waals surface area contributed by atoms with Crippen LogP contribution in [-0.4, -0.2) is 25.6 Å². The molecule has 4 aromatic rings. The van der Waals surface area contributed by atoms with Crippen LogP contribution >= 0.6 is 11.8 Å². The van der Waals surface area contributed by atoms with Crippen molar-refractivity contribution in [3.05, 3.63) is 72.4 Å². The standard InChI is InChI=1S/C20H17FN6OS/c1-2-13-11-18(27-19(24-13)22-12-23-27)29-15-9-7-14(8-10-15)25-20(28)26-17-6-4-3-5-16(17)21/h3-12H,2H2,1H3,(H2,25,26,28). The first-order chi connectivity index (χ1) is 14.1. The average Bonchev–Trinajstić information content (AvgIpc) is 3.20. The van der Waals surface area contributed by atoms with Gasteiger partial charge in [0.25, 0.3) is 5.78 Å². The average molecular weight is 408 g/mol. The number of aromatic nitrogens is 4. The van der Waals surface area contributed by atoms with Crippen molar-refractivity contribution in [3.63, 3.8) is 0 Å². The molecule has 7 nitrogen and oxygen atoms in total. The molecule has 0 aliphatic heterocycles. The van der Waals surface area contributed by atoms with Gasteiger partial charge in [0.15, 0.2) is 0 Å². The number of nitrogens with one attached hydrogen (secondary N) is 2. The van der Waals surface area contributed by atoms with Crippen LogP contribution in [0.5, 0.6) is 0 Å². The highest BCUT2D eigenvalue weighted by atomic mass is 32.2. The number of aryl methyl sites for hydroxylation is 1. The molecule has 2 heterocycles. The number of carbonyl (C=O) groups excluding carboxylic acids is 1. The van der Waals surface area contributed by atoms with Gasteiger partial charge in [-0.2, -0.15) is 14.6 Å². The zero-order valence-electron chi connectivity index (χ0n) is 15.5. The van der Waals surface area contributed by atoms with Crippen molar-refractivity contribution in [2.24, 2.45) is 0 Å². The van der Waals surface area contributed by atoms with Crippen LogP contribution in [-0.2, 0) is 6.42 Å². The first-order valence-corrected chi connectivity index (χ1v) is 9.74. The van der Waals surface area contributed by atoms with Crippen LogP contribution in [0.3, 0.4) is 0 Å². The fourth-order valence-electron chi connectivity index (χ4n) is 2.66. The second-order valence-electron chi connectivity index (χ2n) is 6.10. The molecule has 9 heteroatoms. The number of urea groups is 1. The molecule has 0 aliphatic rings. The van der Waals surface area contributed by atoms with E-state index in [1.807, 2.05) is 25.1 Å². The Labute approximate surface area is 170 Å². The lowest BCUT2D eigenvalue weighted by atomic mass is 10.3. The number of nitrogens with zero attached hydrogens (tertiary/aromatic N) is 4. The molecule has 4 rings (SSSR count). The van der Waals surface area contributed by atoms with Gasteiger partial charge in [-0.05, 0) is 48.9 Å². The Hall–Kier alpha value is -3.46. The van der Waals surface area contributed by atoms with E-state index in [-0.39, 0.29) is 5.69 Å². The van der Waals surface area contributed by atoms with Gasteiger partial charge in [-0.1, -0.05) is 30.8 Å². The van der Waals surface area contributed by atoms with Crippen molar-refractivity contribution in [3.8, 4) is 0 Å². The van der Waals surface area contributed by atoms with Crippen molar-refractivity contribution < 1.29 is 9.18 Å². The van der Waals surface area contributed by atoms with E-state index in [1.165, 1.54) is 30.2 Å². The highest BCUT2D eigenvalue weighted by Crippen LogP contribution is 2.29. The Morgan fingerprint density at radius 2 is 1.93 bits per heavy atom. The van der Waals surface area contributed by atoms with Gasteiger partial charge in [-0.15, -0.1) is 0 Å². The van der Waals surface area contributed by atoms with Crippen molar-refractivity contribution in [1.82, 2.24) is 19.6 Å². The van der Waals surface area contributed by atoms with E-state index >= 15 is 0 Å². The SMILES string of the molecule is CCc1cc(Sc2ccc(NC(=O)Nc3ccccc3F)cc2)n2ncnc2n1. The number of hydrogen-bond acceptors (Lipinski definition) is 5. The molecular formula is C20H17FN6OS. The maximum Gasteiger partial charge on any atom is 0.323 e. The number of rotatable bonds is 5. The van der Waals surface area contributed by atoms with Crippen LogP contribution < -0.4 is 10.6 Å². The topological polar surface area (TPSA) is 84.2 Å². The molecule has 2 aromatic heterocycles. The molecule has 0 unspecified atom stereocenters. The molecule has 0 radical (unpaired) electrons. The monoisotopic (exact) mass is 408 g/mol. The van der Waals surface area contributed by atoms with Crippen molar-refractivity contribution in [2.45, 2.75) is 23.3 Å². The van der Waals surface area contributed by atoms with Crippen molar-refractivity contribution in [2.75, 3.05) is 10.6 Å². The predicted octanol–water partition coefficient (Wildman–Crippen LogP) is 4.62. The third-order valence-electron chi connectivity index (χ3n) is 4.09. The summed E-state index contributed by atoms with van der Waals surface area (Å²) >= 11 is 1.53. The van der Waals surface area contributed by atoms with E-state index < -0.39 is 11.8 Å². The predicted molar refractivity (Wildman–Crippen MR) is 110 cm³/mol. The summed E-state index contributed by atoms with van der Waals surface area (Å²) < 4.78 is 15.3. The minimum Gasteiger partial charge on any atom is -0.308 e. The van der Waals surface area contributed by atoms with E-state index in [1.54, 1.807) is 28.8 Å². The molecule has 0 bridgehead atoms. The summed E-state index contributed by atoms with van der Waals surface area (Å²) in [6, 6.07) is 14.8. The third-order valence-corrected chi connectivity index (χ3v) is 5.10. The summed E-state index contributed by atoms with van der Waals surface area (Å²) in [6.45, 7) is 2.04. The molecule has 29 heavy (non-hydrogen) atoms. The largest absolute Gasteiger partial charge is 0.323 e. The summed E-state index contributed by atoms with van der Waals surface area (Å²) in [7, 11) is 0. The summed E-state index contributed by atoms with van der Waals surface area (Å²) in [5, 5.41) is 10.3. The van der Waals surface area contributed by atoms with E-state index in [9.17, 15) is 9.18 Å². The summed E-state index contributed by atoms with van der Waals surface area (Å²) in [4.78, 5) is 21.6. The number of halogens is 1. The molecule has 2 N–H and O–H groups in total. The van der Waals surface area contributed by atoms with E-state index in [0.717, 1.165) is 22.0 Å². The fraction of sp³-hybridized carbons (Fsp3) is 0.100. The van der Waals surface area contributed by atoms with Gasteiger partial charge in [0.1, 0.15) is 17.2 Å². The maximum absolute atomic E-state index is 13.6. The zero-order chi connectivity index (χ0) is 20.2. The van der Waals surface area contributed by atoms with Crippen molar-refractivity contribution >= 4 is 34.9 Å². The van der Waals surface area contributed by atoms with E-state index in [0.29, 0.717) is 11.5 Å². The van der Waals surface area contributed by atoms with Gasteiger partial charge in [-0.25, -0.2) is 14.2 Å². The first-order valence-electron chi connectivity index (χ1n) is 8.92. The number of benzene rings is 2. The Morgan fingerprint density at radius 3 is 2.69 bits per heavy atom. The van der Waals surface area contributed by atoms with Gasteiger partial charge >= 0.3 is 6.03 Å². The first kappa shape index (κ1) is 18.9.